The summed E-state index contributed by atoms with van der Waals surface area (Å²) >= 11 is 6.10. The van der Waals surface area contributed by atoms with Gasteiger partial charge in [0.05, 0.1) is 11.5 Å². The largest absolute Gasteiger partial charge is 0.306 e. The summed E-state index contributed by atoms with van der Waals surface area (Å²) in [7, 11) is -2.83. The van der Waals surface area contributed by atoms with E-state index < -0.39 is 9.84 Å². The number of rotatable bonds is 3. The third kappa shape index (κ3) is 3.21. The van der Waals surface area contributed by atoms with Crippen LogP contribution in [0.5, 0.6) is 0 Å². The Morgan fingerprint density at radius 3 is 2.71 bits per heavy atom. The smallest absolute Gasteiger partial charge is 0.151 e. The highest BCUT2D eigenvalue weighted by Gasteiger charge is 2.28. The Morgan fingerprint density at radius 1 is 1.41 bits per heavy atom. The van der Waals surface area contributed by atoms with Crippen molar-refractivity contribution in [2.24, 2.45) is 0 Å². The SMILES string of the molecule is CC(NC1CCS(=O)(=O)C1)c1ccccc1Cl. The summed E-state index contributed by atoms with van der Waals surface area (Å²) in [5.41, 5.74) is 1.01. The number of hydrogen-bond acceptors (Lipinski definition) is 3. The van der Waals surface area contributed by atoms with Gasteiger partial charge in [-0.25, -0.2) is 8.42 Å². The molecule has 0 aromatic heterocycles. The van der Waals surface area contributed by atoms with Gasteiger partial charge in [-0.2, -0.15) is 0 Å². The molecule has 1 heterocycles. The average molecular weight is 274 g/mol. The average Bonchev–Trinajstić information content (AvgIpc) is 2.58. The van der Waals surface area contributed by atoms with E-state index in [-0.39, 0.29) is 17.8 Å². The predicted molar refractivity (Wildman–Crippen MR) is 70.1 cm³/mol. The number of nitrogens with one attached hydrogen (secondary N) is 1. The molecule has 2 atom stereocenters. The predicted octanol–water partition coefficient (Wildman–Crippen LogP) is 2.18. The van der Waals surface area contributed by atoms with E-state index in [1.165, 1.54) is 0 Å². The molecule has 17 heavy (non-hydrogen) atoms. The van der Waals surface area contributed by atoms with Crippen LogP contribution in [0.4, 0.5) is 0 Å². The van der Waals surface area contributed by atoms with Gasteiger partial charge in [0.15, 0.2) is 9.84 Å². The van der Waals surface area contributed by atoms with E-state index in [4.69, 9.17) is 11.6 Å². The Morgan fingerprint density at radius 2 is 2.12 bits per heavy atom. The standard InChI is InChI=1S/C12H16ClNO2S/c1-9(11-4-2-3-5-12(11)13)14-10-6-7-17(15,16)8-10/h2-5,9-10,14H,6-8H2,1H3. The molecular formula is C12H16ClNO2S. The van der Waals surface area contributed by atoms with Crippen molar-refractivity contribution in [3.05, 3.63) is 34.9 Å². The van der Waals surface area contributed by atoms with Crippen molar-refractivity contribution < 1.29 is 8.42 Å². The fourth-order valence-corrected chi connectivity index (χ4v) is 4.18. The summed E-state index contributed by atoms with van der Waals surface area (Å²) in [4.78, 5) is 0. The highest BCUT2D eigenvalue weighted by atomic mass is 35.5. The van der Waals surface area contributed by atoms with Crippen LogP contribution < -0.4 is 5.32 Å². The topological polar surface area (TPSA) is 46.2 Å². The number of hydrogen-bond donors (Lipinski definition) is 1. The molecule has 1 N–H and O–H groups in total. The van der Waals surface area contributed by atoms with Gasteiger partial charge in [0.1, 0.15) is 0 Å². The second kappa shape index (κ2) is 4.96. The van der Waals surface area contributed by atoms with Crippen LogP contribution in [-0.2, 0) is 9.84 Å². The quantitative estimate of drug-likeness (QED) is 0.918. The highest BCUT2D eigenvalue weighted by molar-refractivity contribution is 7.91. The van der Waals surface area contributed by atoms with Gasteiger partial charge < -0.3 is 5.32 Å². The van der Waals surface area contributed by atoms with Crippen LogP contribution in [-0.4, -0.2) is 26.0 Å². The zero-order valence-corrected chi connectivity index (χ0v) is 11.3. The van der Waals surface area contributed by atoms with Gasteiger partial charge in [-0.3, -0.25) is 0 Å². The minimum Gasteiger partial charge on any atom is -0.306 e. The van der Waals surface area contributed by atoms with E-state index in [1.807, 2.05) is 31.2 Å². The zero-order valence-electron chi connectivity index (χ0n) is 9.69. The van der Waals surface area contributed by atoms with E-state index in [9.17, 15) is 8.42 Å². The summed E-state index contributed by atoms with van der Waals surface area (Å²) in [5, 5.41) is 4.04. The maximum Gasteiger partial charge on any atom is 0.151 e. The summed E-state index contributed by atoms with van der Waals surface area (Å²) in [6, 6.07) is 7.75. The first-order valence-corrected chi connectivity index (χ1v) is 7.89. The Bertz CT molecular complexity index is 501. The second-order valence-electron chi connectivity index (χ2n) is 4.51. The molecule has 1 fully saturated rings. The third-order valence-corrected chi connectivity index (χ3v) is 5.20. The molecule has 0 amide bonds. The van der Waals surface area contributed by atoms with Gasteiger partial charge in [0.2, 0.25) is 0 Å². The Labute approximate surface area is 107 Å². The monoisotopic (exact) mass is 273 g/mol. The molecule has 3 nitrogen and oxygen atoms in total. The van der Waals surface area contributed by atoms with Crippen LogP contribution in [0.2, 0.25) is 5.02 Å². The van der Waals surface area contributed by atoms with E-state index in [0.717, 1.165) is 5.56 Å². The van der Waals surface area contributed by atoms with Gasteiger partial charge in [-0.05, 0) is 25.0 Å². The Hall–Kier alpha value is -0.580. The lowest BCUT2D eigenvalue weighted by atomic mass is 10.1. The highest BCUT2D eigenvalue weighted by Crippen LogP contribution is 2.24. The summed E-state index contributed by atoms with van der Waals surface area (Å²) in [6.45, 7) is 2.01. The maximum absolute atomic E-state index is 11.4. The first kappa shape index (κ1) is 12.9. The van der Waals surface area contributed by atoms with Crippen LogP contribution >= 0.6 is 11.6 Å². The second-order valence-corrected chi connectivity index (χ2v) is 7.15. The first-order chi connectivity index (χ1) is 7.98. The summed E-state index contributed by atoms with van der Waals surface area (Å²) in [5.74, 6) is 0.529. The molecule has 1 aromatic carbocycles. The Balaban J connectivity index is 2.03. The van der Waals surface area contributed by atoms with Gasteiger partial charge in [0.25, 0.3) is 0 Å². The van der Waals surface area contributed by atoms with E-state index in [2.05, 4.69) is 5.32 Å². The van der Waals surface area contributed by atoms with Gasteiger partial charge in [-0.1, -0.05) is 29.8 Å². The molecule has 0 bridgehead atoms. The molecule has 1 aliphatic heterocycles. The molecule has 5 heteroatoms. The van der Waals surface area contributed by atoms with Crippen molar-refractivity contribution in [1.29, 1.82) is 0 Å². The normalized spacial score (nSPS) is 24.7. The lowest BCUT2D eigenvalue weighted by Crippen LogP contribution is -2.32. The molecular weight excluding hydrogens is 258 g/mol. The van der Waals surface area contributed by atoms with Crippen LogP contribution in [0.3, 0.4) is 0 Å². The fourth-order valence-electron chi connectivity index (χ4n) is 2.20. The number of benzene rings is 1. The fraction of sp³-hybridized carbons (Fsp3) is 0.500. The van der Waals surface area contributed by atoms with Crippen LogP contribution in [0, 0.1) is 0 Å². The molecule has 1 aromatic rings. The minimum atomic E-state index is -2.83. The summed E-state index contributed by atoms with van der Waals surface area (Å²) in [6.07, 6.45) is 0.692. The molecule has 0 saturated carbocycles. The zero-order chi connectivity index (χ0) is 12.5. The van der Waals surface area contributed by atoms with Crippen molar-refractivity contribution in [1.82, 2.24) is 5.32 Å². The maximum atomic E-state index is 11.4. The minimum absolute atomic E-state index is 0.0475. The van der Waals surface area contributed by atoms with Crippen LogP contribution in [0.1, 0.15) is 24.9 Å². The van der Waals surface area contributed by atoms with Crippen molar-refractivity contribution in [3.8, 4) is 0 Å². The van der Waals surface area contributed by atoms with E-state index >= 15 is 0 Å². The number of halogens is 1. The molecule has 0 spiro atoms. The first-order valence-electron chi connectivity index (χ1n) is 5.69. The van der Waals surface area contributed by atoms with E-state index in [0.29, 0.717) is 17.2 Å². The lowest BCUT2D eigenvalue weighted by molar-refractivity contribution is 0.485. The number of sulfone groups is 1. The van der Waals surface area contributed by atoms with Crippen molar-refractivity contribution in [2.45, 2.75) is 25.4 Å². The third-order valence-electron chi connectivity index (χ3n) is 3.09. The van der Waals surface area contributed by atoms with Gasteiger partial charge in [-0.15, -0.1) is 0 Å². The van der Waals surface area contributed by atoms with Gasteiger partial charge >= 0.3 is 0 Å². The molecule has 1 aliphatic rings. The van der Waals surface area contributed by atoms with E-state index in [1.54, 1.807) is 0 Å². The molecule has 94 valence electrons. The van der Waals surface area contributed by atoms with Crippen LogP contribution in [0.25, 0.3) is 0 Å². The van der Waals surface area contributed by atoms with Gasteiger partial charge in [0, 0.05) is 17.1 Å². The van der Waals surface area contributed by atoms with Crippen LogP contribution in [0.15, 0.2) is 24.3 Å². The van der Waals surface area contributed by atoms with Crippen molar-refractivity contribution in [2.75, 3.05) is 11.5 Å². The lowest BCUT2D eigenvalue weighted by Gasteiger charge is -2.19. The molecule has 2 rings (SSSR count). The Kier molecular flexibility index (Phi) is 3.76. The van der Waals surface area contributed by atoms with Crippen molar-refractivity contribution in [3.63, 3.8) is 0 Å². The molecule has 0 aliphatic carbocycles. The molecule has 0 radical (unpaired) electrons. The molecule has 1 saturated heterocycles. The summed E-state index contributed by atoms with van der Waals surface area (Å²) < 4.78 is 22.7. The molecule has 2 unspecified atom stereocenters. The van der Waals surface area contributed by atoms with Crippen molar-refractivity contribution >= 4 is 21.4 Å².